The summed E-state index contributed by atoms with van der Waals surface area (Å²) in [7, 11) is -2.28. The summed E-state index contributed by atoms with van der Waals surface area (Å²) in [6, 6.07) is 9.48. The molecule has 0 bridgehead atoms. The number of carbonyl (C=O) groups excluding carboxylic acids is 1. The molecule has 1 amide bonds. The molecule has 0 radical (unpaired) electrons. The lowest BCUT2D eigenvalue weighted by Crippen LogP contribution is -2.27. The van der Waals surface area contributed by atoms with Gasteiger partial charge in [0.25, 0.3) is 10.0 Å². The minimum atomic E-state index is -3.77. The largest absolute Gasteiger partial charge is 0.495 e. The number of benzene rings is 2. The summed E-state index contributed by atoms with van der Waals surface area (Å²) in [5, 5.41) is 0.315. The van der Waals surface area contributed by atoms with Crippen molar-refractivity contribution in [1.82, 2.24) is 0 Å². The maximum absolute atomic E-state index is 12.7. The molecule has 1 heterocycles. The van der Waals surface area contributed by atoms with Gasteiger partial charge in [0.05, 0.1) is 22.7 Å². The fourth-order valence-corrected chi connectivity index (χ4v) is 4.30. The van der Waals surface area contributed by atoms with E-state index in [-0.39, 0.29) is 10.8 Å². The van der Waals surface area contributed by atoms with Gasteiger partial charge >= 0.3 is 0 Å². The van der Waals surface area contributed by atoms with E-state index in [9.17, 15) is 13.2 Å². The number of hydrogen-bond acceptors (Lipinski definition) is 4. The predicted molar refractivity (Wildman–Crippen MR) is 102 cm³/mol. The Morgan fingerprint density at radius 2 is 2.04 bits per heavy atom. The minimum absolute atomic E-state index is 0.0327. The van der Waals surface area contributed by atoms with Gasteiger partial charge in [-0.25, -0.2) is 8.42 Å². The van der Waals surface area contributed by atoms with Crippen molar-refractivity contribution < 1.29 is 17.9 Å². The van der Waals surface area contributed by atoms with Gasteiger partial charge in [-0.05, 0) is 48.4 Å². The highest BCUT2D eigenvalue weighted by Crippen LogP contribution is 2.32. The third kappa shape index (κ3) is 3.50. The monoisotopic (exact) mass is 394 g/mol. The van der Waals surface area contributed by atoms with Crippen molar-refractivity contribution >= 4 is 38.9 Å². The second kappa shape index (κ2) is 7.17. The van der Waals surface area contributed by atoms with Crippen LogP contribution < -0.4 is 14.4 Å². The number of sulfonamides is 1. The molecule has 0 fully saturated rings. The molecule has 1 aliphatic heterocycles. The summed E-state index contributed by atoms with van der Waals surface area (Å²) < 4.78 is 32.9. The maximum Gasteiger partial charge on any atom is 0.261 e. The molecule has 138 valence electrons. The molecule has 26 heavy (non-hydrogen) atoms. The molecule has 2 aromatic rings. The summed E-state index contributed by atoms with van der Waals surface area (Å²) in [6.07, 6.45) is 1.05. The Morgan fingerprint density at radius 1 is 1.27 bits per heavy atom. The summed E-state index contributed by atoms with van der Waals surface area (Å²) in [6.45, 7) is 2.39. The lowest BCUT2D eigenvalue weighted by molar-refractivity contribution is -0.118. The highest BCUT2D eigenvalue weighted by molar-refractivity contribution is 7.92. The zero-order valence-corrected chi connectivity index (χ0v) is 16.0. The number of nitrogens with one attached hydrogen (secondary N) is 1. The van der Waals surface area contributed by atoms with Crippen LogP contribution in [0.4, 0.5) is 11.4 Å². The van der Waals surface area contributed by atoms with E-state index in [1.165, 1.54) is 19.2 Å². The third-order valence-corrected chi connectivity index (χ3v) is 5.94. The Bertz CT molecular complexity index is 960. The number of amides is 1. The SMILES string of the molecule is CCC(=O)N1CCc2cc(S(=O)(=O)Nc3ccc(OC)c(Cl)c3)ccc21. The standard InChI is InChI=1S/C18H19ClN2O4S/c1-3-18(22)21-9-8-12-10-14(5-6-16(12)21)26(23,24)20-13-4-7-17(25-2)15(19)11-13/h4-7,10-11,20H,3,8-9H2,1-2H3. The minimum Gasteiger partial charge on any atom is -0.495 e. The van der Waals surface area contributed by atoms with E-state index < -0.39 is 10.0 Å². The van der Waals surface area contributed by atoms with Crippen LogP contribution in [-0.4, -0.2) is 28.0 Å². The van der Waals surface area contributed by atoms with Crippen molar-refractivity contribution in [2.45, 2.75) is 24.7 Å². The van der Waals surface area contributed by atoms with E-state index in [2.05, 4.69) is 4.72 Å². The third-order valence-electron chi connectivity index (χ3n) is 4.26. The van der Waals surface area contributed by atoms with Crippen LogP contribution in [0.5, 0.6) is 5.75 Å². The molecule has 0 atom stereocenters. The Hall–Kier alpha value is -2.25. The van der Waals surface area contributed by atoms with Crippen LogP contribution in [0.2, 0.25) is 5.02 Å². The number of fused-ring (bicyclic) bond motifs is 1. The first-order valence-electron chi connectivity index (χ1n) is 8.15. The average Bonchev–Trinajstić information content (AvgIpc) is 3.04. The number of hydrogen-bond donors (Lipinski definition) is 1. The molecule has 1 N–H and O–H groups in total. The average molecular weight is 395 g/mol. The van der Waals surface area contributed by atoms with Gasteiger partial charge in [0.15, 0.2) is 0 Å². The number of anilines is 2. The molecule has 0 aliphatic carbocycles. The molecule has 0 spiro atoms. The number of rotatable bonds is 5. The van der Waals surface area contributed by atoms with Crippen LogP contribution in [0.1, 0.15) is 18.9 Å². The van der Waals surface area contributed by atoms with Gasteiger partial charge in [-0.15, -0.1) is 0 Å². The van der Waals surface area contributed by atoms with Gasteiger partial charge in [-0.1, -0.05) is 18.5 Å². The number of halogens is 1. The topological polar surface area (TPSA) is 75.7 Å². The van der Waals surface area contributed by atoms with Crippen LogP contribution in [0.25, 0.3) is 0 Å². The quantitative estimate of drug-likeness (QED) is 0.842. The number of methoxy groups -OCH3 is 1. The van der Waals surface area contributed by atoms with Crippen LogP contribution in [0.3, 0.4) is 0 Å². The zero-order valence-electron chi connectivity index (χ0n) is 14.5. The predicted octanol–water partition coefficient (Wildman–Crippen LogP) is 3.45. The maximum atomic E-state index is 12.7. The molecule has 8 heteroatoms. The van der Waals surface area contributed by atoms with Gasteiger partial charge in [-0.3, -0.25) is 9.52 Å². The van der Waals surface area contributed by atoms with Crippen LogP contribution in [-0.2, 0) is 21.2 Å². The van der Waals surface area contributed by atoms with E-state index >= 15 is 0 Å². The van der Waals surface area contributed by atoms with E-state index in [0.717, 1.165) is 11.3 Å². The lowest BCUT2D eigenvalue weighted by atomic mass is 10.2. The molecule has 2 aromatic carbocycles. The number of nitrogens with zero attached hydrogens (tertiary/aromatic N) is 1. The van der Waals surface area contributed by atoms with E-state index in [0.29, 0.717) is 35.8 Å². The van der Waals surface area contributed by atoms with Crippen LogP contribution in [0, 0.1) is 0 Å². The highest BCUT2D eigenvalue weighted by Gasteiger charge is 2.25. The van der Waals surface area contributed by atoms with E-state index in [1.807, 2.05) is 6.92 Å². The molecule has 6 nitrogen and oxygen atoms in total. The van der Waals surface area contributed by atoms with Crippen LogP contribution in [0.15, 0.2) is 41.3 Å². The first-order valence-corrected chi connectivity index (χ1v) is 10.0. The normalized spacial score (nSPS) is 13.4. The van der Waals surface area contributed by atoms with Gasteiger partial charge in [0, 0.05) is 18.7 Å². The number of ether oxygens (including phenoxy) is 1. The summed E-state index contributed by atoms with van der Waals surface area (Å²) in [5.74, 6) is 0.498. The van der Waals surface area contributed by atoms with Crippen LogP contribution >= 0.6 is 11.6 Å². The van der Waals surface area contributed by atoms with E-state index in [4.69, 9.17) is 16.3 Å². The van der Waals surface area contributed by atoms with Gasteiger partial charge < -0.3 is 9.64 Å². The Morgan fingerprint density at radius 3 is 2.69 bits per heavy atom. The van der Waals surface area contributed by atoms with Gasteiger partial charge in [0.1, 0.15) is 5.75 Å². The fourth-order valence-electron chi connectivity index (χ4n) is 2.94. The molecule has 0 aromatic heterocycles. The summed E-state index contributed by atoms with van der Waals surface area (Å²) in [4.78, 5) is 13.8. The molecule has 1 aliphatic rings. The Kier molecular flexibility index (Phi) is 5.11. The molecule has 0 saturated carbocycles. The second-order valence-electron chi connectivity index (χ2n) is 5.89. The zero-order chi connectivity index (χ0) is 18.9. The van der Waals surface area contributed by atoms with Gasteiger partial charge in [0.2, 0.25) is 5.91 Å². The molecule has 0 saturated heterocycles. The smallest absolute Gasteiger partial charge is 0.261 e. The first-order chi connectivity index (χ1) is 12.4. The van der Waals surface area contributed by atoms with E-state index in [1.54, 1.807) is 29.2 Å². The summed E-state index contributed by atoms with van der Waals surface area (Å²) in [5.41, 5.74) is 1.98. The second-order valence-corrected chi connectivity index (χ2v) is 7.98. The Balaban J connectivity index is 1.87. The lowest BCUT2D eigenvalue weighted by Gasteiger charge is -2.16. The molecule has 3 rings (SSSR count). The molecular weight excluding hydrogens is 376 g/mol. The van der Waals surface area contributed by atoms with Crippen molar-refractivity contribution in [3.63, 3.8) is 0 Å². The fraction of sp³-hybridized carbons (Fsp3) is 0.278. The first kappa shape index (κ1) is 18.5. The van der Waals surface area contributed by atoms with Crippen molar-refractivity contribution in [1.29, 1.82) is 0 Å². The van der Waals surface area contributed by atoms with Gasteiger partial charge in [-0.2, -0.15) is 0 Å². The van der Waals surface area contributed by atoms with Crippen molar-refractivity contribution in [3.05, 3.63) is 47.0 Å². The van der Waals surface area contributed by atoms with Crippen molar-refractivity contribution in [2.24, 2.45) is 0 Å². The highest BCUT2D eigenvalue weighted by atomic mass is 35.5. The summed E-state index contributed by atoms with van der Waals surface area (Å²) >= 11 is 6.04. The van der Waals surface area contributed by atoms with Crippen molar-refractivity contribution in [2.75, 3.05) is 23.3 Å². The molecule has 0 unspecified atom stereocenters. The van der Waals surface area contributed by atoms with Crippen molar-refractivity contribution in [3.8, 4) is 5.75 Å². The number of carbonyl (C=O) groups is 1. The Labute approximate surface area is 157 Å². The molecular formula is C18H19ClN2O4S.